The molecular weight excluding hydrogens is 479 g/mol. The number of nitrogens with zero attached hydrogens (tertiary/aromatic N) is 1. The molecule has 0 radical (unpaired) electrons. The molecule has 2 N–H and O–H groups in total. The highest BCUT2D eigenvalue weighted by molar-refractivity contribution is 9.10. The van der Waals surface area contributed by atoms with Gasteiger partial charge in [0.2, 0.25) is 0 Å². The quantitative estimate of drug-likeness (QED) is 0.454. The van der Waals surface area contributed by atoms with Crippen LogP contribution in [0.2, 0.25) is 0 Å². The number of carbonyl (C=O) groups is 1. The van der Waals surface area contributed by atoms with Gasteiger partial charge < -0.3 is 15.3 Å². The van der Waals surface area contributed by atoms with Crippen LogP contribution in [-0.2, 0) is 11.3 Å². The monoisotopic (exact) mass is 508 g/mol. The highest BCUT2D eigenvalue weighted by atomic mass is 79.9. The molecule has 2 aromatic rings. The first kappa shape index (κ1) is 22.9. The lowest BCUT2D eigenvalue weighted by molar-refractivity contribution is -0.114. The molecule has 2 aliphatic rings. The van der Waals surface area contributed by atoms with Crippen LogP contribution in [0.25, 0.3) is 0 Å². The van der Waals surface area contributed by atoms with E-state index < -0.39 is 0 Å². The van der Waals surface area contributed by atoms with Crippen LogP contribution in [0.1, 0.15) is 72.6 Å². The lowest BCUT2D eigenvalue weighted by atomic mass is 9.83. The van der Waals surface area contributed by atoms with E-state index in [-0.39, 0.29) is 29.9 Å². The molecule has 0 saturated carbocycles. The summed E-state index contributed by atoms with van der Waals surface area (Å²) in [6, 6.07) is 5.52. The van der Waals surface area contributed by atoms with Gasteiger partial charge in [0.15, 0.2) is 5.06 Å². The van der Waals surface area contributed by atoms with Crippen LogP contribution in [-0.4, -0.2) is 29.9 Å². The van der Waals surface area contributed by atoms with Gasteiger partial charge in [0.25, 0.3) is 0 Å². The Morgan fingerprint density at radius 2 is 2.06 bits per heavy atom. The van der Waals surface area contributed by atoms with E-state index in [1.54, 1.807) is 23.5 Å². The third kappa shape index (κ3) is 4.34. The highest BCUT2D eigenvalue weighted by Gasteiger charge is 2.46. The number of hydrogen-bond donors (Lipinski definition) is 1. The molecule has 3 heterocycles. The minimum absolute atomic E-state index is 0.141. The van der Waals surface area contributed by atoms with Crippen LogP contribution in [0.5, 0.6) is 5.06 Å². The molecule has 2 aliphatic heterocycles. The maximum absolute atomic E-state index is 14.6. The largest absolute Gasteiger partial charge is 0.483 e. The highest BCUT2D eigenvalue weighted by Crippen LogP contribution is 2.50. The van der Waals surface area contributed by atoms with Gasteiger partial charge in [-0.15, -0.1) is 11.3 Å². The average molecular weight is 509 g/mol. The Hall–Kier alpha value is -1.28. The molecule has 4 nitrogen and oxygen atoms in total. The number of aldehydes is 1. The zero-order valence-corrected chi connectivity index (χ0v) is 20.5. The van der Waals surface area contributed by atoms with Crippen LogP contribution in [0, 0.1) is 12.7 Å². The van der Waals surface area contributed by atoms with Crippen molar-refractivity contribution < 1.29 is 13.9 Å². The zero-order valence-electron chi connectivity index (χ0n) is 18.1. The zero-order chi connectivity index (χ0) is 22.1. The summed E-state index contributed by atoms with van der Waals surface area (Å²) in [6.07, 6.45) is 5.86. The summed E-state index contributed by atoms with van der Waals surface area (Å²) in [6.45, 7) is 5.21. The third-order valence-corrected chi connectivity index (χ3v) is 9.25. The second kappa shape index (κ2) is 9.69. The Labute approximate surface area is 196 Å². The average Bonchev–Trinajstić information content (AvgIpc) is 3.19. The van der Waals surface area contributed by atoms with Gasteiger partial charge in [-0.1, -0.05) is 19.1 Å². The van der Waals surface area contributed by atoms with Gasteiger partial charge in [-0.05, 0) is 83.6 Å². The molecule has 1 aromatic heterocycles. The number of benzene rings is 1. The fraction of sp³-hybridized carbons (Fsp3) is 0.542. The second-order valence-electron chi connectivity index (χ2n) is 8.68. The summed E-state index contributed by atoms with van der Waals surface area (Å²) in [5, 5.41) is 0.851. The topological polar surface area (TPSA) is 55.6 Å². The van der Waals surface area contributed by atoms with Gasteiger partial charge in [0.1, 0.15) is 18.1 Å². The second-order valence-corrected chi connectivity index (χ2v) is 10.5. The van der Waals surface area contributed by atoms with Crippen LogP contribution in [0.3, 0.4) is 0 Å². The fourth-order valence-electron chi connectivity index (χ4n) is 5.27. The molecule has 0 spiro atoms. The first-order chi connectivity index (χ1) is 15.0. The van der Waals surface area contributed by atoms with Crippen molar-refractivity contribution in [1.29, 1.82) is 0 Å². The number of piperidine rings is 1. The van der Waals surface area contributed by atoms with Crippen LogP contribution in [0.4, 0.5) is 4.39 Å². The predicted molar refractivity (Wildman–Crippen MR) is 126 cm³/mol. The van der Waals surface area contributed by atoms with Crippen molar-refractivity contribution in [2.45, 2.75) is 76.5 Å². The van der Waals surface area contributed by atoms with Crippen molar-refractivity contribution in [3.05, 3.63) is 50.1 Å². The van der Waals surface area contributed by atoms with Gasteiger partial charge in [0, 0.05) is 23.5 Å². The number of thiophene rings is 1. The van der Waals surface area contributed by atoms with Crippen LogP contribution >= 0.6 is 27.3 Å². The molecule has 1 aromatic carbocycles. The molecule has 2 saturated heterocycles. The number of halogens is 2. The number of hydrogen-bond acceptors (Lipinski definition) is 5. The Bertz CT molecular complexity index is 936. The molecule has 2 fully saturated rings. The Kier molecular flexibility index (Phi) is 7.16. The summed E-state index contributed by atoms with van der Waals surface area (Å²) in [7, 11) is 0. The van der Waals surface area contributed by atoms with E-state index in [0.29, 0.717) is 13.2 Å². The lowest BCUT2D eigenvalue weighted by Gasteiger charge is -2.42. The molecule has 3 unspecified atom stereocenters. The van der Waals surface area contributed by atoms with Gasteiger partial charge >= 0.3 is 0 Å². The van der Waals surface area contributed by atoms with E-state index in [0.717, 1.165) is 69.5 Å². The van der Waals surface area contributed by atoms with E-state index in [1.165, 1.54) is 0 Å². The van der Waals surface area contributed by atoms with E-state index in [1.807, 2.05) is 13.0 Å². The Morgan fingerprint density at radius 1 is 1.35 bits per heavy atom. The van der Waals surface area contributed by atoms with Gasteiger partial charge in [-0.25, -0.2) is 4.39 Å². The van der Waals surface area contributed by atoms with Crippen molar-refractivity contribution >= 4 is 33.6 Å². The first-order valence-electron chi connectivity index (χ1n) is 11.1. The number of carbonyl (C=O) groups excluding carboxylic acids is 1. The van der Waals surface area contributed by atoms with E-state index in [2.05, 4.69) is 27.8 Å². The predicted octanol–water partition coefficient (Wildman–Crippen LogP) is 5.86. The van der Waals surface area contributed by atoms with Crippen LogP contribution < -0.4 is 10.5 Å². The van der Waals surface area contributed by atoms with Crippen LogP contribution in [0.15, 0.2) is 22.7 Å². The third-order valence-electron chi connectivity index (χ3n) is 6.76. The van der Waals surface area contributed by atoms with Gasteiger partial charge in [-0.3, -0.25) is 4.90 Å². The molecule has 31 heavy (non-hydrogen) atoms. The number of fused-ring (bicyclic) bond motifs is 2. The Balaban J connectivity index is 1.59. The minimum atomic E-state index is -0.279. The molecule has 4 rings (SSSR count). The summed E-state index contributed by atoms with van der Waals surface area (Å²) in [5.74, 6) is 0.0323. The maximum Gasteiger partial charge on any atom is 0.188 e. The summed E-state index contributed by atoms with van der Waals surface area (Å²) in [5.41, 5.74) is 8.62. The SMILES string of the molecule is CCCOc1sc(C(C=O)N2C3CCC2CC(c2cc(CN)ccc2F)C3)c(C)c1Br. The van der Waals surface area contributed by atoms with Crippen molar-refractivity contribution in [2.75, 3.05) is 6.61 Å². The molecule has 3 atom stereocenters. The molecule has 7 heteroatoms. The summed E-state index contributed by atoms with van der Waals surface area (Å²) < 4.78 is 21.5. The maximum atomic E-state index is 14.6. The standard InChI is InChI=1S/C24H30BrFN2O2S/c1-3-8-30-24-22(25)14(2)23(31-24)21(13-29)28-17-5-6-18(28)11-16(10-17)19-9-15(12-27)4-7-20(19)26/h4,7,9,13,16-18,21H,3,5-6,8,10-12,27H2,1-2H3. The van der Waals surface area contributed by atoms with E-state index in [9.17, 15) is 9.18 Å². The smallest absolute Gasteiger partial charge is 0.188 e. The normalized spacial score (nSPS) is 24.4. The number of ether oxygens (including phenoxy) is 1. The van der Waals surface area contributed by atoms with Gasteiger partial charge in [0.05, 0.1) is 11.1 Å². The van der Waals surface area contributed by atoms with Crippen molar-refractivity contribution in [3.63, 3.8) is 0 Å². The Morgan fingerprint density at radius 3 is 2.68 bits per heavy atom. The van der Waals surface area contributed by atoms with Crippen molar-refractivity contribution in [2.24, 2.45) is 5.73 Å². The summed E-state index contributed by atoms with van der Waals surface area (Å²) in [4.78, 5) is 15.8. The minimum Gasteiger partial charge on any atom is -0.483 e. The van der Waals surface area contributed by atoms with E-state index in [4.69, 9.17) is 10.5 Å². The summed E-state index contributed by atoms with van der Waals surface area (Å²) >= 11 is 5.23. The van der Waals surface area contributed by atoms with Crippen molar-refractivity contribution in [1.82, 2.24) is 4.90 Å². The number of nitrogens with two attached hydrogens (primary N) is 1. The molecule has 2 bridgehead atoms. The fourth-order valence-corrected chi connectivity index (χ4v) is 7.11. The molecule has 0 amide bonds. The molecular formula is C24H30BrFN2O2S. The van der Waals surface area contributed by atoms with E-state index >= 15 is 0 Å². The number of rotatable bonds is 8. The first-order valence-corrected chi connectivity index (χ1v) is 12.7. The van der Waals surface area contributed by atoms with Gasteiger partial charge in [-0.2, -0.15) is 0 Å². The molecule has 168 valence electrons. The van der Waals surface area contributed by atoms with Crippen molar-refractivity contribution in [3.8, 4) is 5.06 Å². The lowest BCUT2D eigenvalue weighted by Crippen LogP contribution is -2.45. The molecule has 0 aliphatic carbocycles.